The van der Waals surface area contributed by atoms with Gasteiger partial charge in [0.2, 0.25) is 0 Å². The maximum atomic E-state index is 11.1. The van der Waals surface area contributed by atoms with Crippen LogP contribution in [0.2, 0.25) is 0 Å². The van der Waals surface area contributed by atoms with Crippen LogP contribution >= 0.6 is 0 Å². The Balaban J connectivity index is 2.58. The van der Waals surface area contributed by atoms with Gasteiger partial charge in [-0.1, -0.05) is 6.07 Å². The molecule has 4 heteroatoms. The minimum atomic E-state index is -0.641. The lowest BCUT2D eigenvalue weighted by Crippen LogP contribution is -2.12. The number of amides is 1. The average Bonchev–Trinajstić information content (AvgIpc) is 2.42. The van der Waals surface area contributed by atoms with Gasteiger partial charge in [0.1, 0.15) is 6.29 Å². The number of carbonyl (C=O) groups excluding carboxylic acids is 3. The van der Waals surface area contributed by atoms with E-state index in [2.05, 4.69) is 5.32 Å². The number of carbonyl (C=O) groups is 3. The number of hydrogen-bond acceptors (Lipinski definition) is 3. The highest BCUT2D eigenvalue weighted by atomic mass is 16.2. The van der Waals surface area contributed by atoms with E-state index >= 15 is 0 Å². The molecule has 0 radical (unpaired) electrons. The van der Waals surface area contributed by atoms with Crippen LogP contribution in [-0.2, 0) is 4.79 Å². The lowest BCUT2D eigenvalue weighted by Gasteiger charge is -1.95. The highest BCUT2D eigenvalue weighted by Gasteiger charge is 2.27. The molecule has 1 N–H and O–H groups in total. The molecule has 0 saturated carbocycles. The van der Waals surface area contributed by atoms with Crippen LogP contribution in [0.4, 0.5) is 5.69 Å². The number of nitrogens with one attached hydrogen (secondary N) is 1. The summed E-state index contributed by atoms with van der Waals surface area (Å²) in [6.07, 6.45) is 0.662. The summed E-state index contributed by atoms with van der Waals surface area (Å²) in [7, 11) is 0. The molecule has 13 heavy (non-hydrogen) atoms. The monoisotopic (exact) mass is 175 g/mol. The van der Waals surface area contributed by atoms with E-state index < -0.39 is 11.7 Å². The molecule has 4 nitrogen and oxygen atoms in total. The van der Waals surface area contributed by atoms with E-state index in [0.717, 1.165) is 0 Å². The number of ketones is 1. The van der Waals surface area contributed by atoms with Gasteiger partial charge < -0.3 is 5.32 Å². The second-order valence-corrected chi connectivity index (χ2v) is 2.71. The molecule has 0 unspecified atom stereocenters. The molecule has 2 rings (SSSR count). The van der Waals surface area contributed by atoms with Crippen LogP contribution < -0.4 is 5.32 Å². The summed E-state index contributed by atoms with van der Waals surface area (Å²) in [6, 6.07) is 4.45. The quantitative estimate of drug-likeness (QED) is 0.503. The van der Waals surface area contributed by atoms with Gasteiger partial charge in [-0.05, 0) is 12.1 Å². The van der Waals surface area contributed by atoms with E-state index in [1.807, 2.05) is 0 Å². The lowest BCUT2D eigenvalue weighted by atomic mass is 10.1. The topological polar surface area (TPSA) is 63.2 Å². The zero-order valence-electron chi connectivity index (χ0n) is 6.53. The first-order valence-corrected chi connectivity index (χ1v) is 3.67. The molecule has 64 valence electrons. The summed E-state index contributed by atoms with van der Waals surface area (Å²) < 4.78 is 0. The van der Waals surface area contributed by atoms with Gasteiger partial charge in [0.25, 0.3) is 11.7 Å². The van der Waals surface area contributed by atoms with E-state index in [4.69, 9.17) is 0 Å². The van der Waals surface area contributed by atoms with Crippen molar-refractivity contribution in [2.45, 2.75) is 0 Å². The molecule has 0 bridgehead atoms. The second-order valence-electron chi connectivity index (χ2n) is 2.71. The lowest BCUT2D eigenvalue weighted by molar-refractivity contribution is -0.112. The molecule has 1 aliphatic heterocycles. The molecule has 1 aromatic rings. The number of rotatable bonds is 1. The van der Waals surface area contributed by atoms with E-state index in [0.29, 0.717) is 23.1 Å². The molecule has 1 heterocycles. The van der Waals surface area contributed by atoms with Crippen molar-refractivity contribution < 1.29 is 14.4 Å². The first-order valence-electron chi connectivity index (χ1n) is 3.67. The SMILES string of the molecule is O=Cc1ccc2c(c1)NC(=O)C2=O. The number of aldehydes is 1. The zero-order chi connectivity index (χ0) is 9.42. The Labute approximate surface area is 73.6 Å². The molecule has 1 aromatic carbocycles. The maximum absolute atomic E-state index is 11.1. The number of hydrogen-bond donors (Lipinski definition) is 1. The van der Waals surface area contributed by atoms with E-state index in [9.17, 15) is 14.4 Å². The Morgan fingerprint density at radius 2 is 2.00 bits per heavy atom. The van der Waals surface area contributed by atoms with Crippen LogP contribution in [0.25, 0.3) is 0 Å². The van der Waals surface area contributed by atoms with Crippen molar-refractivity contribution in [1.29, 1.82) is 0 Å². The molecular weight excluding hydrogens is 170 g/mol. The van der Waals surface area contributed by atoms with Crippen molar-refractivity contribution in [3.05, 3.63) is 29.3 Å². The van der Waals surface area contributed by atoms with Gasteiger partial charge in [0.15, 0.2) is 0 Å². The van der Waals surface area contributed by atoms with Gasteiger partial charge in [-0.15, -0.1) is 0 Å². The van der Waals surface area contributed by atoms with Crippen LogP contribution in [0.1, 0.15) is 20.7 Å². The highest BCUT2D eigenvalue weighted by molar-refractivity contribution is 6.51. The zero-order valence-corrected chi connectivity index (χ0v) is 6.53. The third-order valence-electron chi connectivity index (χ3n) is 1.88. The fourth-order valence-electron chi connectivity index (χ4n) is 1.24. The molecule has 0 fully saturated rings. The van der Waals surface area contributed by atoms with Crippen LogP contribution in [0.3, 0.4) is 0 Å². The third kappa shape index (κ3) is 1.03. The van der Waals surface area contributed by atoms with Crippen LogP contribution in [0, 0.1) is 0 Å². The summed E-state index contributed by atoms with van der Waals surface area (Å²) in [5.74, 6) is -1.19. The summed E-state index contributed by atoms with van der Waals surface area (Å²) >= 11 is 0. The molecule has 0 aromatic heterocycles. The van der Waals surface area contributed by atoms with Crippen LogP contribution in [-0.4, -0.2) is 18.0 Å². The highest BCUT2D eigenvalue weighted by Crippen LogP contribution is 2.23. The molecule has 1 amide bonds. The van der Waals surface area contributed by atoms with Gasteiger partial charge in [-0.2, -0.15) is 0 Å². The van der Waals surface area contributed by atoms with E-state index in [1.54, 1.807) is 0 Å². The van der Waals surface area contributed by atoms with E-state index in [-0.39, 0.29) is 0 Å². The van der Waals surface area contributed by atoms with Crippen LogP contribution in [0.15, 0.2) is 18.2 Å². The predicted octanol–water partition coefficient (Wildman–Crippen LogP) is 0.634. The normalized spacial score (nSPS) is 13.8. The fourth-order valence-corrected chi connectivity index (χ4v) is 1.24. The summed E-state index contributed by atoms with van der Waals surface area (Å²) in [5.41, 5.74) is 1.18. The largest absolute Gasteiger partial charge is 0.318 e. The number of Topliss-reactive ketones (excluding diaryl/α,β-unsaturated/α-hetero) is 1. The Bertz CT molecular complexity index is 423. The number of benzene rings is 1. The van der Waals surface area contributed by atoms with Crippen molar-refractivity contribution in [2.24, 2.45) is 0 Å². The molecule has 0 atom stereocenters. The van der Waals surface area contributed by atoms with Gasteiger partial charge in [0.05, 0.1) is 11.3 Å². The van der Waals surface area contributed by atoms with Gasteiger partial charge in [-0.3, -0.25) is 14.4 Å². The maximum Gasteiger partial charge on any atom is 0.296 e. The van der Waals surface area contributed by atoms with Crippen molar-refractivity contribution in [3.8, 4) is 0 Å². The Hall–Kier alpha value is -1.97. The van der Waals surface area contributed by atoms with Crippen molar-refractivity contribution in [2.75, 3.05) is 5.32 Å². The van der Waals surface area contributed by atoms with Crippen molar-refractivity contribution in [1.82, 2.24) is 0 Å². The second kappa shape index (κ2) is 2.52. The first-order chi connectivity index (χ1) is 6.22. The minimum Gasteiger partial charge on any atom is -0.318 e. The molecule has 0 spiro atoms. The standard InChI is InChI=1S/C9H5NO3/c11-4-5-1-2-6-7(3-5)10-9(13)8(6)12/h1-4H,(H,10,12,13). The Morgan fingerprint density at radius 3 is 2.69 bits per heavy atom. The number of anilines is 1. The first kappa shape index (κ1) is 7.67. The van der Waals surface area contributed by atoms with Crippen molar-refractivity contribution in [3.63, 3.8) is 0 Å². The Morgan fingerprint density at radius 1 is 1.23 bits per heavy atom. The number of fused-ring (bicyclic) bond motifs is 1. The predicted molar refractivity (Wildman–Crippen MR) is 44.8 cm³/mol. The molecule has 0 aliphatic carbocycles. The van der Waals surface area contributed by atoms with E-state index in [1.165, 1.54) is 18.2 Å². The van der Waals surface area contributed by atoms with Crippen molar-refractivity contribution >= 4 is 23.7 Å². The smallest absolute Gasteiger partial charge is 0.296 e. The third-order valence-corrected chi connectivity index (χ3v) is 1.88. The van der Waals surface area contributed by atoms with Crippen LogP contribution in [0.5, 0.6) is 0 Å². The Kier molecular flexibility index (Phi) is 1.48. The average molecular weight is 175 g/mol. The molecule has 1 aliphatic rings. The molecule has 0 saturated heterocycles. The minimum absolute atomic E-state index is 0.329. The fraction of sp³-hybridized carbons (Fsp3) is 0. The van der Waals surface area contributed by atoms with Gasteiger partial charge in [-0.25, -0.2) is 0 Å². The van der Waals surface area contributed by atoms with Gasteiger partial charge >= 0.3 is 0 Å². The summed E-state index contributed by atoms with van der Waals surface area (Å²) in [5, 5.41) is 2.37. The summed E-state index contributed by atoms with van der Waals surface area (Å²) in [6.45, 7) is 0. The molecular formula is C9H5NO3. The van der Waals surface area contributed by atoms with Gasteiger partial charge in [0, 0.05) is 5.56 Å². The summed E-state index contributed by atoms with van der Waals surface area (Å²) in [4.78, 5) is 32.3.